The van der Waals surface area contributed by atoms with Gasteiger partial charge in [-0.25, -0.2) is 0 Å². The van der Waals surface area contributed by atoms with Gasteiger partial charge in [-0.1, -0.05) is 59.6 Å². The van der Waals surface area contributed by atoms with E-state index in [0.29, 0.717) is 40.3 Å². The fourth-order valence-electron chi connectivity index (χ4n) is 5.19. The molecule has 0 bridgehead atoms. The molecule has 0 aromatic heterocycles. The average molecular weight is 529 g/mol. The molecule has 188 valence electrons. The van der Waals surface area contributed by atoms with Crippen molar-refractivity contribution in [1.82, 2.24) is 0 Å². The van der Waals surface area contributed by atoms with Crippen LogP contribution in [0.1, 0.15) is 47.4 Å². The predicted molar refractivity (Wildman–Crippen MR) is 154 cm³/mol. The largest absolute Gasteiger partial charge is 0.507 e. The Kier molecular flexibility index (Phi) is 7.02. The molecule has 37 heavy (non-hydrogen) atoms. The first kappa shape index (κ1) is 25.4. The molecular weight excluding hydrogens is 500 g/mol. The van der Waals surface area contributed by atoms with Crippen molar-refractivity contribution in [2.24, 2.45) is 0 Å². The average Bonchev–Trinajstić information content (AvgIpc) is 2.90. The van der Waals surface area contributed by atoms with E-state index in [0.717, 1.165) is 33.7 Å². The van der Waals surface area contributed by atoms with Gasteiger partial charge < -0.3 is 5.11 Å². The quantitative estimate of drug-likeness (QED) is 0.264. The first-order valence-electron chi connectivity index (χ1n) is 12.4. The number of amidine groups is 1. The van der Waals surface area contributed by atoms with Crippen LogP contribution in [0.25, 0.3) is 5.76 Å². The number of Topliss-reactive ketones (excluding diaryl/α,β-unsaturated/α-hetero) is 1. The van der Waals surface area contributed by atoms with Gasteiger partial charge in [0.25, 0.3) is 0 Å². The molecule has 2 aliphatic rings. The number of ketones is 1. The van der Waals surface area contributed by atoms with E-state index >= 15 is 0 Å². The van der Waals surface area contributed by atoms with Gasteiger partial charge in [0.2, 0.25) is 0 Å². The second-order valence-electron chi connectivity index (χ2n) is 9.59. The fraction of sp³-hybridized carbons (Fsp3) is 0.226. The Bertz CT molecular complexity index is 1460. The SMILES string of the molecule is CSc1ccc(C2C3=C(CCCC3=O)N(c3ccc(C)c(Cl)c3)C(=N)/C2=C(/O)c2ccc(C)cc2)cc1. The van der Waals surface area contributed by atoms with Gasteiger partial charge in [-0.2, -0.15) is 0 Å². The zero-order valence-electron chi connectivity index (χ0n) is 21.1. The second kappa shape index (κ2) is 10.2. The minimum atomic E-state index is -0.537. The summed E-state index contributed by atoms with van der Waals surface area (Å²) in [7, 11) is 0. The topological polar surface area (TPSA) is 64.4 Å². The van der Waals surface area contributed by atoms with Crippen LogP contribution in [0.2, 0.25) is 5.02 Å². The summed E-state index contributed by atoms with van der Waals surface area (Å²) in [6.45, 7) is 3.93. The molecule has 3 aromatic rings. The third-order valence-electron chi connectivity index (χ3n) is 7.20. The van der Waals surface area contributed by atoms with Crippen LogP contribution < -0.4 is 4.90 Å². The summed E-state index contributed by atoms with van der Waals surface area (Å²) in [5.41, 5.74) is 6.14. The van der Waals surface area contributed by atoms with E-state index in [9.17, 15) is 15.3 Å². The molecule has 1 aliphatic heterocycles. The number of halogens is 1. The zero-order valence-corrected chi connectivity index (χ0v) is 22.7. The number of aliphatic hydroxyl groups excluding tert-OH is 1. The summed E-state index contributed by atoms with van der Waals surface area (Å²) in [6.07, 6.45) is 3.87. The normalized spacial score (nSPS) is 19.2. The van der Waals surface area contributed by atoms with Crippen LogP contribution in [-0.4, -0.2) is 23.0 Å². The number of hydrogen-bond donors (Lipinski definition) is 2. The molecule has 1 heterocycles. The van der Waals surface area contributed by atoms with E-state index < -0.39 is 5.92 Å². The molecule has 0 radical (unpaired) electrons. The van der Waals surface area contributed by atoms with Crippen LogP contribution in [0.3, 0.4) is 0 Å². The first-order chi connectivity index (χ1) is 17.8. The molecule has 3 aromatic carbocycles. The van der Waals surface area contributed by atoms with Crippen molar-refractivity contribution in [3.05, 3.63) is 111 Å². The molecule has 0 saturated heterocycles. The number of carbonyl (C=O) groups excluding carboxylic acids is 1. The molecule has 1 aliphatic carbocycles. The summed E-state index contributed by atoms with van der Waals surface area (Å²) in [4.78, 5) is 16.5. The molecule has 1 atom stereocenters. The summed E-state index contributed by atoms with van der Waals surface area (Å²) in [6, 6.07) is 21.4. The van der Waals surface area contributed by atoms with Crippen LogP contribution in [-0.2, 0) is 4.79 Å². The van der Waals surface area contributed by atoms with E-state index in [1.807, 2.05) is 91.7 Å². The number of hydrogen-bond acceptors (Lipinski definition) is 4. The van der Waals surface area contributed by atoms with Crippen molar-refractivity contribution in [3.63, 3.8) is 0 Å². The monoisotopic (exact) mass is 528 g/mol. The highest BCUT2D eigenvalue weighted by molar-refractivity contribution is 7.98. The molecule has 0 spiro atoms. The number of rotatable bonds is 4. The number of allylic oxidation sites excluding steroid dienone is 2. The van der Waals surface area contributed by atoms with Crippen molar-refractivity contribution < 1.29 is 9.90 Å². The number of anilines is 1. The molecule has 1 unspecified atom stereocenters. The maximum atomic E-state index is 13.6. The number of thioether (sulfide) groups is 1. The fourth-order valence-corrected chi connectivity index (χ4v) is 5.78. The first-order valence-corrected chi connectivity index (χ1v) is 14.0. The summed E-state index contributed by atoms with van der Waals surface area (Å²) >= 11 is 8.15. The van der Waals surface area contributed by atoms with Gasteiger partial charge in [0.05, 0.1) is 0 Å². The molecule has 2 N–H and O–H groups in total. The van der Waals surface area contributed by atoms with Crippen LogP contribution in [0, 0.1) is 19.3 Å². The van der Waals surface area contributed by atoms with Gasteiger partial charge in [-0.15, -0.1) is 11.8 Å². The molecule has 4 nitrogen and oxygen atoms in total. The van der Waals surface area contributed by atoms with Crippen molar-refractivity contribution in [3.8, 4) is 0 Å². The summed E-state index contributed by atoms with van der Waals surface area (Å²) < 4.78 is 0. The van der Waals surface area contributed by atoms with E-state index in [1.54, 1.807) is 11.8 Å². The zero-order chi connectivity index (χ0) is 26.3. The Morgan fingerprint density at radius 3 is 2.38 bits per heavy atom. The van der Waals surface area contributed by atoms with Crippen molar-refractivity contribution in [2.75, 3.05) is 11.2 Å². The number of benzene rings is 3. The lowest BCUT2D eigenvalue weighted by molar-refractivity contribution is -0.116. The highest BCUT2D eigenvalue weighted by Crippen LogP contribution is 2.48. The highest BCUT2D eigenvalue weighted by Gasteiger charge is 2.43. The third kappa shape index (κ3) is 4.62. The maximum Gasteiger partial charge on any atom is 0.161 e. The highest BCUT2D eigenvalue weighted by atomic mass is 35.5. The molecular formula is C31H29ClN2O2S. The smallest absolute Gasteiger partial charge is 0.161 e. The lowest BCUT2D eigenvalue weighted by Crippen LogP contribution is -2.42. The van der Waals surface area contributed by atoms with Crippen molar-refractivity contribution in [1.29, 1.82) is 5.41 Å². The van der Waals surface area contributed by atoms with Gasteiger partial charge in [0.15, 0.2) is 5.78 Å². The van der Waals surface area contributed by atoms with Gasteiger partial charge >= 0.3 is 0 Å². The Labute approximate surface area is 227 Å². The van der Waals surface area contributed by atoms with Crippen molar-refractivity contribution in [2.45, 2.75) is 43.9 Å². The lowest BCUT2D eigenvalue weighted by Gasteiger charge is -2.42. The minimum Gasteiger partial charge on any atom is -0.507 e. The number of aliphatic hydroxyl groups is 1. The Balaban J connectivity index is 1.81. The van der Waals surface area contributed by atoms with E-state index in [2.05, 4.69) is 0 Å². The summed E-state index contributed by atoms with van der Waals surface area (Å²) in [5.74, 6) is -0.308. The number of aryl methyl sites for hydroxylation is 2. The Hall–Kier alpha value is -3.28. The molecule has 6 heteroatoms. The number of carbonyl (C=O) groups is 1. The minimum absolute atomic E-state index is 0.0112. The van der Waals surface area contributed by atoms with Crippen LogP contribution >= 0.6 is 23.4 Å². The van der Waals surface area contributed by atoms with Gasteiger partial charge in [0.1, 0.15) is 11.6 Å². The number of nitrogens with one attached hydrogen (secondary N) is 1. The van der Waals surface area contributed by atoms with Gasteiger partial charge in [-0.3, -0.25) is 15.1 Å². The molecule has 5 rings (SSSR count). The van der Waals surface area contributed by atoms with Crippen LogP contribution in [0.5, 0.6) is 0 Å². The Morgan fingerprint density at radius 2 is 1.73 bits per heavy atom. The number of nitrogens with zero attached hydrogens (tertiary/aromatic N) is 1. The van der Waals surface area contributed by atoms with E-state index in [1.165, 1.54) is 0 Å². The Morgan fingerprint density at radius 1 is 1.03 bits per heavy atom. The molecule has 0 amide bonds. The maximum absolute atomic E-state index is 13.6. The molecule has 0 fully saturated rings. The third-order valence-corrected chi connectivity index (χ3v) is 8.35. The van der Waals surface area contributed by atoms with E-state index in [4.69, 9.17) is 11.6 Å². The standard InChI is InChI=1S/C31H29ClN2O2S/c1-18-7-10-21(11-8-18)30(36)29-27(20-12-15-23(37-3)16-13-20)28-25(5-4-6-26(28)35)34(31(29)33)22-14-9-19(2)24(32)17-22/h7-17,27,33,36H,4-6H2,1-3H3/b30-29+,33-31?. The van der Waals surface area contributed by atoms with Gasteiger partial charge in [-0.05, 0) is 68.3 Å². The predicted octanol–water partition coefficient (Wildman–Crippen LogP) is 8.24. The molecule has 0 saturated carbocycles. The van der Waals surface area contributed by atoms with Crippen LogP contribution in [0.4, 0.5) is 5.69 Å². The van der Waals surface area contributed by atoms with Gasteiger partial charge in [0, 0.05) is 50.4 Å². The van der Waals surface area contributed by atoms with E-state index in [-0.39, 0.29) is 17.4 Å². The lowest BCUT2D eigenvalue weighted by atomic mass is 9.73. The van der Waals surface area contributed by atoms with Crippen LogP contribution in [0.15, 0.2) is 88.5 Å². The summed E-state index contributed by atoms with van der Waals surface area (Å²) in [5, 5.41) is 21.8. The van der Waals surface area contributed by atoms with Crippen molar-refractivity contribution >= 4 is 46.4 Å². The second-order valence-corrected chi connectivity index (χ2v) is 10.9.